The Morgan fingerprint density at radius 1 is 1.50 bits per heavy atom. The zero-order valence-electron chi connectivity index (χ0n) is 11.0. The molecule has 0 unspecified atom stereocenters. The van der Waals surface area contributed by atoms with Crippen LogP contribution in [-0.2, 0) is 9.84 Å². The number of halogens is 1. The second-order valence-electron chi connectivity index (χ2n) is 4.89. The molecule has 1 fully saturated rings. The van der Waals surface area contributed by atoms with Gasteiger partial charge in [-0.05, 0) is 31.0 Å². The Morgan fingerprint density at radius 2 is 2.20 bits per heavy atom. The van der Waals surface area contributed by atoms with Crippen molar-refractivity contribution in [3.05, 3.63) is 28.8 Å². The summed E-state index contributed by atoms with van der Waals surface area (Å²) < 4.78 is 23.2. The van der Waals surface area contributed by atoms with Crippen molar-refractivity contribution >= 4 is 27.3 Å². The summed E-state index contributed by atoms with van der Waals surface area (Å²) in [6.07, 6.45) is 2.65. The second-order valence-corrected chi connectivity index (χ2v) is 7.29. The van der Waals surface area contributed by atoms with Crippen LogP contribution in [0.5, 0.6) is 0 Å². The minimum Gasteiger partial charge on any atom is -0.394 e. The third kappa shape index (κ3) is 2.97. The molecule has 7 heteroatoms. The molecule has 0 aromatic heterocycles. The molecule has 1 heterocycles. The van der Waals surface area contributed by atoms with Crippen LogP contribution in [0.15, 0.2) is 23.1 Å². The van der Waals surface area contributed by atoms with E-state index in [-0.39, 0.29) is 34.0 Å². The molecule has 1 aliphatic rings. The number of sulfone groups is 1. The van der Waals surface area contributed by atoms with Gasteiger partial charge in [0, 0.05) is 18.4 Å². The first-order valence-corrected chi connectivity index (χ1v) is 8.53. The fraction of sp³-hybridized carbons (Fsp3) is 0.462. The molecule has 20 heavy (non-hydrogen) atoms. The molecule has 1 atom stereocenters. The Kier molecular flexibility index (Phi) is 4.36. The number of nitrogens with zero attached hydrogens (tertiary/aromatic N) is 1. The molecular formula is C13H16ClNO4S. The number of amides is 1. The molecule has 1 aliphatic heterocycles. The van der Waals surface area contributed by atoms with Gasteiger partial charge in [0.1, 0.15) is 0 Å². The Balaban J connectivity index is 2.36. The molecule has 5 nitrogen and oxygen atoms in total. The number of hydrogen-bond acceptors (Lipinski definition) is 4. The van der Waals surface area contributed by atoms with E-state index in [0.717, 1.165) is 19.1 Å². The number of carbonyl (C=O) groups excluding carboxylic acids is 1. The number of benzene rings is 1. The Labute approximate surface area is 123 Å². The van der Waals surface area contributed by atoms with Gasteiger partial charge in [-0.3, -0.25) is 4.79 Å². The maximum absolute atomic E-state index is 12.4. The SMILES string of the molecule is CS(=O)(=O)c1cc(C(=O)N2CCC[C@@H]2CO)ccc1Cl. The summed E-state index contributed by atoms with van der Waals surface area (Å²) in [4.78, 5) is 13.9. The van der Waals surface area contributed by atoms with Crippen LogP contribution in [0.4, 0.5) is 0 Å². The minimum atomic E-state index is -3.48. The van der Waals surface area contributed by atoms with Gasteiger partial charge in [0.05, 0.1) is 22.6 Å². The predicted molar refractivity (Wildman–Crippen MR) is 75.7 cm³/mol. The number of hydrogen-bond donors (Lipinski definition) is 1. The van der Waals surface area contributed by atoms with Crippen LogP contribution < -0.4 is 0 Å². The van der Waals surface area contributed by atoms with Gasteiger partial charge >= 0.3 is 0 Å². The zero-order valence-corrected chi connectivity index (χ0v) is 12.6. The van der Waals surface area contributed by atoms with Crippen LogP contribution in [0, 0.1) is 0 Å². The van der Waals surface area contributed by atoms with Crippen molar-refractivity contribution in [2.45, 2.75) is 23.8 Å². The first kappa shape index (κ1) is 15.3. The lowest BCUT2D eigenvalue weighted by Gasteiger charge is -2.23. The van der Waals surface area contributed by atoms with E-state index in [2.05, 4.69) is 0 Å². The number of rotatable bonds is 3. The highest BCUT2D eigenvalue weighted by Gasteiger charge is 2.29. The highest BCUT2D eigenvalue weighted by Crippen LogP contribution is 2.25. The molecule has 0 radical (unpaired) electrons. The fourth-order valence-corrected chi connectivity index (χ4v) is 3.68. The van der Waals surface area contributed by atoms with E-state index in [0.29, 0.717) is 6.54 Å². The highest BCUT2D eigenvalue weighted by molar-refractivity contribution is 7.90. The normalized spacial score (nSPS) is 19.4. The average Bonchev–Trinajstić information content (AvgIpc) is 2.85. The van der Waals surface area contributed by atoms with Crippen molar-refractivity contribution in [1.82, 2.24) is 4.90 Å². The third-order valence-electron chi connectivity index (χ3n) is 3.43. The van der Waals surface area contributed by atoms with Crippen LogP contribution in [-0.4, -0.2) is 49.8 Å². The van der Waals surface area contributed by atoms with Gasteiger partial charge in [0.15, 0.2) is 9.84 Å². The molecule has 1 amide bonds. The van der Waals surface area contributed by atoms with E-state index in [9.17, 15) is 18.3 Å². The Hall–Kier alpha value is -1.11. The lowest BCUT2D eigenvalue weighted by atomic mass is 10.1. The van der Waals surface area contributed by atoms with E-state index < -0.39 is 9.84 Å². The topological polar surface area (TPSA) is 74.7 Å². The lowest BCUT2D eigenvalue weighted by Crippen LogP contribution is -2.37. The molecule has 2 rings (SSSR count). The molecule has 0 aliphatic carbocycles. The minimum absolute atomic E-state index is 0.0511. The van der Waals surface area contributed by atoms with Crippen molar-refractivity contribution in [2.75, 3.05) is 19.4 Å². The molecule has 0 spiro atoms. The summed E-state index contributed by atoms with van der Waals surface area (Å²) in [5.74, 6) is -0.275. The average molecular weight is 318 g/mol. The van der Waals surface area contributed by atoms with Crippen LogP contribution in [0.1, 0.15) is 23.2 Å². The van der Waals surface area contributed by atoms with Crippen LogP contribution >= 0.6 is 11.6 Å². The van der Waals surface area contributed by atoms with Gasteiger partial charge in [-0.25, -0.2) is 8.42 Å². The maximum Gasteiger partial charge on any atom is 0.254 e. The summed E-state index contributed by atoms with van der Waals surface area (Å²) in [5.41, 5.74) is 0.273. The zero-order chi connectivity index (χ0) is 14.9. The van der Waals surface area contributed by atoms with E-state index in [1.165, 1.54) is 18.2 Å². The molecule has 1 N–H and O–H groups in total. The van der Waals surface area contributed by atoms with Crippen molar-refractivity contribution in [3.63, 3.8) is 0 Å². The molecule has 1 aromatic rings. The van der Waals surface area contributed by atoms with Crippen molar-refractivity contribution < 1.29 is 18.3 Å². The number of likely N-dealkylation sites (tertiary alicyclic amines) is 1. The smallest absolute Gasteiger partial charge is 0.254 e. The van der Waals surface area contributed by atoms with Crippen molar-refractivity contribution in [2.24, 2.45) is 0 Å². The first-order valence-electron chi connectivity index (χ1n) is 6.26. The summed E-state index contributed by atoms with van der Waals surface area (Å²) in [5, 5.41) is 9.35. The summed E-state index contributed by atoms with van der Waals surface area (Å²) >= 11 is 5.86. The molecular weight excluding hydrogens is 302 g/mol. The monoisotopic (exact) mass is 317 g/mol. The van der Waals surface area contributed by atoms with E-state index in [1.807, 2.05) is 0 Å². The van der Waals surface area contributed by atoms with Gasteiger partial charge in [-0.15, -0.1) is 0 Å². The molecule has 0 saturated carbocycles. The molecule has 1 aromatic carbocycles. The van der Waals surface area contributed by atoms with Crippen LogP contribution in [0.2, 0.25) is 5.02 Å². The van der Waals surface area contributed by atoms with E-state index >= 15 is 0 Å². The lowest BCUT2D eigenvalue weighted by molar-refractivity contribution is 0.0677. The van der Waals surface area contributed by atoms with Crippen molar-refractivity contribution in [1.29, 1.82) is 0 Å². The molecule has 1 saturated heterocycles. The first-order chi connectivity index (χ1) is 9.34. The van der Waals surface area contributed by atoms with Gasteiger partial charge in [0.2, 0.25) is 0 Å². The number of aliphatic hydroxyl groups is 1. The third-order valence-corrected chi connectivity index (χ3v) is 5.00. The number of aliphatic hydroxyl groups excluding tert-OH is 1. The Bertz CT molecular complexity index is 629. The van der Waals surface area contributed by atoms with Crippen LogP contribution in [0.25, 0.3) is 0 Å². The molecule has 0 bridgehead atoms. The Morgan fingerprint density at radius 3 is 2.80 bits per heavy atom. The van der Waals surface area contributed by atoms with Gasteiger partial charge in [0.25, 0.3) is 5.91 Å². The second kappa shape index (κ2) is 5.71. The summed E-state index contributed by atoms with van der Waals surface area (Å²) in [6, 6.07) is 4.02. The van der Waals surface area contributed by atoms with Gasteiger partial charge in [-0.1, -0.05) is 11.6 Å². The molecule has 110 valence electrons. The quantitative estimate of drug-likeness (QED) is 0.913. The van der Waals surface area contributed by atoms with E-state index in [4.69, 9.17) is 11.6 Å². The summed E-state index contributed by atoms with van der Waals surface area (Å²) in [7, 11) is -3.48. The highest BCUT2D eigenvalue weighted by atomic mass is 35.5. The van der Waals surface area contributed by atoms with Crippen molar-refractivity contribution in [3.8, 4) is 0 Å². The number of carbonyl (C=O) groups is 1. The van der Waals surface area contributed by atoms with Gasteiger partial charge < -0.3 is 10.0 Å². The largest absolute Gasteiger partial charge is 0.394 e. The maximum atomic E-state index is 12.4. The summed E-state index contributed by atoms with van der Waals surface area (Å²) in [6.45, 7) is 0.485. The predicted octanol–water partition coefficient (Wildman–Crippen LogP) is 1.34. The van der Waals surface area contributed by atoms with Crippen LogP contribution in [0.3, 0.4) is 0 Å². The van der Waals surface area contributed by atoms with Gasteiger partial charge in [-0.2, -0.15) is 0 Å². The fourth-order valence-electron chi connectivity index (χ4n) is 2.38. The van der Waals surface area contributed by atoms with E-state index in [1.54, 1.807) is 4.90 Å². The standard InChI is InChI=1S/C13H16ClNO4S/c1-20(18,19)12-7-9(4-5-11(12)14)13(17)15-6-2-3-10(15)8-16/h4-5,7,10,16H,2-3,6,8H2,1H3/t10-/m1/s1.